The summed E-state index contributed by atoms with van der Waals surface area (Å²) in [5.74, 6) is 1.33. The number of para-hydroxylation sites is 1. The van der Waals surface area contributed by atoms with Crippen LogP contribution in [-0.4, -0.2) is 31.0 Å². The van der Waals surface area contributed by atoms with Crippen LogP contribution >= 0.6 is 11.3 Å². The van der Waals surface area contributed by atoms with E-state index in [-0.39, 0.29) is 5.56 Å². The Balaban J connectivity index is 1.39. The zero-order chi connectivity index (χ0) is 27.6. The van der Waals surface area contributed by atoms with Gasteiger partial charge in [-0.3, -0.25) is 4.79 Å². The quantitative estimate of drug-likeness (QED) is 0.218. The highest BCUT2D eigenvalue weighted by molar-refractivity contribution is 7.15. The minimum Gasteiger partial charge on any atom is -0.494 e. The van der Waals surface area contributed by atoms with Gasteiger partial charge in [0.05, 0.1) is 16.8 Å². The summed E-state index contributed by atoms with van der Waals surface area (Å²) in [4.78, 5) is 18.6. The zero-order valence-corrected chi connectivity index (χ0v) is 23.5. The second-order valence-corrected chi connectivity index (χ2v) is 10.8. The van der Waals surface area contributed by atoms with E-state index in [1.165, 1.54) is 15.9 Å². The minimum atomic E-state index is -0.197. The molecule has 0 unspecified atom stereocenters. The SMILES string of the molecule is CCCCOc1ccc(-c2nc3sc(=Cc4cn(-c5ccccc5)nc4-c4cc(C)ccc4C)c(=O)n3n2)cc1. The normalized spacial score (nSPS) is 11.9. The fourth-order valence-corrected chi connectivity index (χ4v) is 5.44. The van der Waals surface area contributed by atoms with E-state index >= 15 is 0 Å². The smallest absolute Gasteiger partial charge is 0.291 e. The number of thiazole rings is 1. The third-order valence-corrected chi connectivity index (χ3v) is 7.72. The maximum Gasteiger partial charge on any atom is 0.291 e. The Morgan fingerprint density at radius 2 is 1.77 bits per heavy atom. The average molecular weight is 548 g/mol. The fourth-order valence-electron chi connectivity index (χ4n) is 4.54. The molecule has 0 radical (unpaired) electrons. The molecule has 0 aliphatic rings. The number of ether oxygens (including phenoxy) is 1. The number of unbranched alkanes of at least 4 members (excludes halogenated alkanes) is 1. The molecule has 200 valence electrons. The molecule has 0 spiro atoms. The molecule has 0 amide bonds. The van der Waals surface area contributed by atoms with Crippen LogP contribution in [0.15, 0.2) is 83.8 Å². The monoisotopic (exact) mass is 547 g/mol. The number of rotatable bonds is 8. The van der Waals surface area contributed by atoms with Crippen molar-refractivity contribution in [1.29, 1.82) is 0 Å². The largest absolute Gasteiger partial charge is 0.494 e. The topological polar surface area (TPSA) is 74.3 Å². The van der Waals surface area contributed by atoms with Crippen molar-refractivity contribution in [2.45, 2.75) is 33.6 Å². The summed E-state index contributed by atoms with van der Waals surface area (Å²) in [7, 11) is 0. The van der Waals surface area contributed by atoms with Crippen molar-refractivity contribution in [3.05, 3.63) is 111 Å². The molecule has 40 heavy (non-hydrogen) atoms. The van der Waals surface area contributed by atoms with Crippen LogP contribution in [0.3, 0.4) is 0 Å². The van der Waals surface area contributed by atoms with Crippen LogP contribution in [-0.2, 0) is 0 Å². The van der Waals surface area contributed by atoms with Crippen molar-refractivity contribution < 1.29 is 4.74 Å². The summed E-state index contributed by atoms with van der Waals surface area (Å²) in [5.41, 5.74) is 6.58. The van der Waals surface area contributed by atoms with Crippen molar-refractivity contribution in [2.24, 2.45) is 0 Å². The van der Waals surface area contributed by atoms with E-state index in [1.54, 1.807) is 0 Å². The molecule has 3 aromatic carbocycles. The van der Waals surface area contributed by atoms with E-state index in [0.29, 0.717) is 21.9 Å². The lowest BCUT2D eigenvalue weighted by atomic mass is 10.0. The molecule has 3 aromatic heterocycles. The highest BCUT2D eigenvalue weighted by Gasteiger charge is 2.16. The molecule has 0 N–H and O–H groups in total. The van der Waals surface area contributed by atoms with Crippen molar-refractivity contribution in [1.82, 2.24) is 24.4 Å². The molecule has 6 rings (SSSR count). The number of aryl methyl sites for hydroxylation is 2. The third kappa shape index (κ3) is 5.05. The van der Waals surface area contributed by atoms with Gasteiger partial charge in [0.1, 0.15) is 11.4 Å². The van der Waals surface area contributed by atoms with Crippen molar-refractivity contribution in [3.63, 3.8) is 0 Å². The van der Waals surface area contributed by atoms with E-state index < -0.39 is 0 Å². The molecule has 0 saturated heterocycles. The minimum absolute atomic E-state index is 0.197. The molecule has 6 aromatic rings. The Bertz CT molecular complexity index is 1900. The summed E-state index contributed by atoms with van der Waals surface area (Å²) in [6.45, 7) is 6.98. The van der Waals surface area contributed by atoms with E-state index in [2.05, 4.69) is 49.1 Å². The Kier molecular flexibility index (Phi) is 7.00. The molecular formula is C32H29N5O2S. The first-order valence-corrected chi connectivity index (χ1v) is 14.2. The van der Waals surface area contributed by atoms with Gasteiger partial charge in [-0.15, -0.1) is 5.10 Å². The van der Waals surface area contributed by atoms with Crippen molar-refractivity contribution in [2.75, 3.05) is 6.61 Å². The van der Waals surface area contributed by atoms with Crippen LogP contribution in [0.25, 0.3) is 39.4 Å². The first-order chi connectivity index (χ1) is 19.5. The molecule has 0 aliphatic carbocycles. The maximum absolute atomic E-state index is 13.4. The lowest BCUT2D eigenvalue weighted by Gasteiger charge is -2.05. The van der Waals surface area contributed by atoms with Gasteiger partial charge in [0.2, 0.25) is 4.96 Å². The summed E-state index contributed by atoms with van der Waals surface area (Å²) in [5, 5.41) is 9.47. The highest BCUT2D eigenvalue weighted by atomic mass is 32.1. The number of fused-ring (bicyclic) bond motifs is 1. The number of benzene rings is 3. The molecule has 0 atom stereocenters. The first-order valence-electron chi connectivity index (χ1n) is 13.4. The van der Waals surface area contributed by atoms with Crippen LogP contribution in [0.4, 0.5) is 0 Å². The molecule has 8 heteroatoms. The van der Waals surface area contributed by atoms with E-state index in [1.807, 2.05) is 71.6 Å². The van der Waals surface area contributed by atoms with Crippen molar-refractivity contribution in [3.8, 4) is 34.1 Å². The van der Waals surface area contributed by atoms with E-state index in [9.17, 15) is 4.79 Å². The van der Waals surface area contributed by atoms with Gasteiger partial charge in [-0.05, 0) is 74.4 Å². The Hall–Kier alpha value is -4.56. The summed E-state index contributed by atoms with van der Waals surface area (Å²) in [6.07, 6.45) is 5.98. The van der Waals surface area contributed by atoms with Gasteiger partial charge in [0.15, 0.2) is 5.82 Å². The number of aromatic nitrogens is 5. The standard InChI is InChI=1S/C32H29N5O2S/c1-4-5-17-39-26-15-13-23(14-16-26)30-33-32-37(35-30)31(38)28(40-32)19-24-20-36(25-9-7-6-8-10-25)34-29(24)27-18-21(2)11-12-22(27)3/h6-16,18-20H,4-5,17H2,1-3H3. The van der Waals surface area contributed by atoms with E-state index in [0.717, 1.165) is 57.8 Å². The molecule has 0 fully saturated rings. The predicted molar refractivity (Wildman–Crippen MR) is 160 cm³/mol. The van der Waals surface area contributed by atoms with Gasteiger partial charge >= 0.3 is 0 Å². The fraction of sp³-hybridized carbons (Fsp3) is 0.188. The number of hydrogen-bond donors (Lipinski definition) is 0. The Labute approximate surface area is 236 Å². The van der Waals surface area contributed by atoms with Crippen LogP contribution in [0.5, 0.6) is 5.75 Å². The number of nitrogens with zero attached hydrogens (tertiary/aromatic N) is 5. The predicted octanol–water partition coefficient (Wildman–Crippen LogP) is 6.01. The molecule has 3 heterocycles. The summed E-state index contributed by atoms with van der Waals surface area (Å²) >= 11 is 1.33. The van der Waals surface area contributed by atoms with Crippen LogP contribution in [0.2, 0.25) is 0 Å². The van der Waals surface area contributed by atoms with Gasteiger partial charge in [0, 0.05) is 22.9 Å². The second-order valence-electron chi connectivity index (χ2n) is 9.80. The van der Waals surface area contributed by atoms with Gasteiger partial charge in [-0.25, -0.2) is 4.68 Å². The van der Waals surface area contributed by atoms with Crippen LogP contribution in [0, 0.1) is 13.8 Å². The van der Waals surface area contributed by atoms with Crippen LogP contribution in [0.1, 0.15) is 36.5 Å². The lowest BCUT2D eigenvalue weighted by Crippen LogP contribution is -2.23. The molecule has 7 nitrogen and oxygen atoms in total. The highest BCUT2D eigenvalue weighted by Crippen LogP contribution is 2.28. The molecule has 0 aliphatic heterocycles. The van der Waals surface area contributed by atoms with Gasteiger partial charge in [-0.2, -0.15) is 14.6 Å². The summed E-state index contributed by atoms with van der Waals surface area (Å²) in [6, 6.07) is 24.0. The molecule has 0 bridgehead atoms. The Morgan fingerprint density at radius 1 is 0.975 bits per heavy atom. The second kappa shape index (κ2) is 10.9. The van der Waals surface area contributed by atoms with E-state index in [4.69, 9.17) is 9.84 Å². The number of hydrogen-bond acceptors (Lipinski definition) is 6. The maximum atomic E-state index is 13.4. The van der Waals surface area contributed by atoms with Crippen molar-refractivity contribution >= 4 is 22.4 Å². The van der Waals surface area contributed by atoms with Gasteiger partial charge < -0.3 is 4.74 Å². The van der Waals surface area contributed by atoms with Gasteiger partial charge in [-0.1, -0.05) is 60.6 Å². The molecular weight excluding hydrogens is 518 g/mol. The third-order valence-electron chi connectivity index (χ3n) is 6.76. The molecule has 0 saturated carbocycles. The zero-order valence-electron chi connectivity index (χ0n) is 22.7. The summed E-state index contributed by atoms with van der Waals surface area (Å²) < 4.78 is 9.55. The first kappa shape index (κ1) is 25.7. The lowest BCUT2D eigenvalue weighted by molar-refractivity contribution is 0.309. The Morgan fingerprint density at radius 3 is 2.52 bits per heavy atom. The van der Waals surface area contributed by atoms with Gasteiger partial charge in [0.25, 0.3) is 5.56 Å². The average Bonchev–Trinajstić information content (AvgIpc) is 3.66. The van der Waals surface area contributed by atoms with Crippen LogP contribution < -0.4 is 14.8 Å².